The maximum atomic E-state index is 13.4. The third-order valence-electron chi connectivity index (χ3n) is 4.92. The second-order valence-corrected chi connectivity index (χ2v) is 7.76. The first kappa shape index (κ1) is 18.6. The van der Waals surface area contributed by atoms with Crippen LogP contribution in [0.3, 0.4) is 0 Å². The molecular formula is C23H21NO3S. The number of nitrogens with zero attached hydrogens (tertiary/aromatic N) is 1. The highest BCUT2D eigenvalue weighted by atomic mass is 32.2. The smallest absolute Gasteiger partial charge is 0.273 e. The molecule has 142 valence electrons. The fraction of sp³-hybridized carbons (Fsp3) is 0.174. The summed E-state index contributed by atoms with van der Waals surface area (Å²) in [6.07, 6.45) is 0. The largest absolute Gasteiger partial charge is 0.497 e. The van der Waals surface area contributed by atoms with Crippen molar-refractivity contribution in [3.8, 4) is 5.75 Å². The van der Waals surface area contributed by atoms with Crippen molar-refractivity contribution in [2.24, 2.45) is 0 Å². The molecule has 1 aliphatic heterocycles. The maximum Gasteiger partial charge on any atom is 0.273 e. The maximum absolute atomic E-state index is 13.4. The fourth-order valence-electron chi connectivity index (χ4n) is 3.52. The number of ether oxygens (including phenoxy) is 2. The SMILES string of the molecule is COc1ccc(N2C(=O)[C@@](OC)(Sc3ccccc3)[C@H]2c2ccccc2)cc1. The first-order valence-corrected chi connectivity index (χ1v) is 9.83. The van der Waals surface area contributed by atoms with E-state index in [0.717, 1.165) is 21.9 Å². The molecule has 4 nitrogen and oxygen atoms in total. The van der Waals surface area contributed by atoms with E-state index in [-0.39, 0.29) is 11.9 Å². The average molecular weight is 391 g/mol. The second-order valence-electron chi connectivity index (χ2n) is 6.47. The van der Waals surface area contributed by atoms with Crippen molar-refractivity contribution in [3.05, 3.63) is 90.5 Å². The van der Waals surface area contributed by atoms with Crippen LogP contribution in [0.1, 0.15) is 11.6 Å². The topological polar surface area (TPSA) is 38.8 Å². The van der Waals surface area contributed by atoms with Crippen LogP contribution >= 0.6 is 11.8 Å². The van der Waals surface area contributed by atoms with Crippen molar-refractivity contribution in [3.63, 3.8) is 0 Å². The third kappa shape index (κ3) is 3.07. The molecule has 3 aromatic rings. The molecule has 0 aliphatic carbocycles. The summed E-state index contributed by atoms with van der Waals surface area (Å²) >= 11 is 1.46. The highest BCUT2D eigenvalue weighted by Crippen LogP contribution is 2.56. The minimum absolute atomic E-state index is 0.0668. The van der Waals surface area contributed by atoms with Crippen LogP contribution in [0.25, 0.3) is 0 Å². The van der Waals surface area contributed by atoms with Crippen LogP contribution in [0.5, 0.6) is 5.75 Å². The molecule has 0 saturated carbocycles. The Labute approximate surface area is 169 Å². The van der Waals surface area contributed by atoms with E-state index in [0.29, 0.717) is 0 Å². The summed E-state index contributed by atoms with van der Waals surface area (Å²) in [6, 6.07) is 27.2. The van der Waals surface area contributed by atoms with Crippen molar-refractivity contribution < 1.29 is 14.3 Å². The van der Waals surface area contributed by atoms with Crippen LogP contribution in [-0.4, -0.2) is 25.1 Å². The second kappa shape index (κ2) is 7.70. The number of β-lactam (4-membered cyclic amide) rings is 1. The number of anilines is 1. The Morgan fingerprint density at radius 2 is 1.46 bits per heavy atom. The molecule has 4 rings (SSSR count). The molecule has 28 heavy (non-hydrogen) atoms. The molecule has 1 saturated heterocycles. The van der Waals surface area contributed by atoms with E-state index in [1.54, 1.807) is 19.1 Å². The van der Waals surface area contributed by atoms with Gasteiger partial charge in [0.15, 0.2) is 0 Å². The lowest BCUT2D eigenvalue weighted by Gasteiger charge is -2.54. The number of amides is 1. The molecule has 0 N–H and O–H groups in total. The number of rotatable bonds is 6. The molecule has 1 heterocycles. The van der Waals surface area contributed by atoms with Crippen LogP contribution in [0.2, 0.25) is 0 Å². The molecule has 1 aliphatic rings. The number of carbonyl (C=O) groups excluding carboxylic acids is 1. The Balaban J connectivity index is 1.76. The van der Waals surface area contributed by atoms with Crippen molar-refractivity contribution in [2.75, 3.05) is 19.1 Å². The van der Waals surface area contributed by atoms with Gasteiger partial charge in [-0.15, -0.1) is 0 Å². The fourth-order valence-corrected chi connectivity index (χ4v) is 4.79. The number of hydrogen-bond donors (Lipinski definition) is 0. The van der Waals surface area contributed by atoms with Crippen LogP contribution in [0.4, 0.5) is 5.69 Å². The number of benzene rings is 3. The van der Waals surface area contributed by atoms with Crippen molar-refractivity contribution in [2.45, 2.75) is 15.9 Å². The predicted octanol–water partition coefficient (Wildman–Crippen LogP) is 4.92. The molecule has 0 radical (unpaired) electrons. The summed E-state index contributed by atoms with van der Waals surface area (Å²) in [4.78, 5) is 15.2. The summed E-state index contributed by atoms with van der Waals surface area (Å²) in [5.41, 5.74) is 1.85. The minimum Gasteiger partial charge on any atom is -0.497 e. The van der Waals surface area contributed by atoms with Gasteiger partial charge < -0.3 is 9.47 Å². The van der Waals surface area contributed by atoms with E-state index in [2.05, 4.69) is 0 Å². The van der Waals surface area contributed by atoms with E-state index < -0.39 is 4.93 Å². The van der Waals surface area contributed by atoms with Gasteiger partial charge in [0.25, 0.3) is 5.91 Å². The summed E-state index contributed by atoms with van der Waals surface area (Å²) in [5, 5.41) is 0. The van der Waals surface area contributed by atoms with Crippen LogP contribution in [0, 0.1) is 0 Å². The van der Waals surface area contributed by atoms with Gasteiger partial charge in [0.1, 0.15) is 11.8 Å². The summed E-state index contributed by atoms with van der Waals surface area (Å²) < 4.78 is 11.1. The average Bonchev–Trinajstić information content (AvgIpc) is 2.77. The van der Waals surface area contributed by atoms with Gasteiger partial charge in [0.2, 0.25) is 4.93 Å². The standard InChI is InChI=1S/C23H21NO3S/c1-26-19-15-13-18(14-16-19)24-21(17-9-5-3-6-10-17)23(27-2,22(24)25)28-20-11-7-4-8-12-20/h3-16,21H,1-2H3/t21-,23+/m1/s1. The van der Waals surface area contributed by atoms with Crippen LogP contribution in [0.15, 0.2) is 89.8 Å². The first-order valence-electron chi connectivity index (χ1n) is 9.01. The number of hydrogen-bond acceptors (Lipinski definition) is 4. The Bertz CT molecular complexity index is 947. The van der Waals surface area contributed by atoms with Gasteiger partial charge in [-0.2, -0.15) is 0 Å². The van der Waals surface area contributed by atoms with Gasteiger partial charge in [-0.3, -0.25) is 9.69 Å². The quantitative estimate of drug-likeness (QED) is 0.442. The van der Waals surface area contributed by atoms with E-state index in [1.807, 2.05) is 84.9 Å². The Hall–Kier alpha value is -2.76. The van der Waals surface area contributed by atoms with Gasteiger partial charge in [-0.1, -0.05) is 60.3 Å². The normalized spacial score (nSPS) is 21.3. The zero-order valence-corrected chi connectivity index (χ0v) is 16.6. The first-order chi connectivity index (χ1) is 13.7. The molecular weight excluding hydrogens is 370 g/mol. The Kier molecular flexibility index (Phi) is 5.11. The van der Waals surface area contributed by atoms with E-state index in [9.17, 15) is 4.79 Å². The minimum atomic E-state index is -1.01. The Morgan fingerprint density at radius 1 is 0.857 bits per heavy atom. The highest BCUT2D eigenvalue weighted by molar-refractivity contribution is 8.01. The number of thioether (sulfide) groups is 1. The van der Waals surface area contributed by atoms with Crippen molar-refractivity contribution in [1.29, 1.82) is 0 Å². The molecule has 0 bridgehead atoms. The zero-order chi connectivity index (χ0) is 19.6. The lowest BCUT2D eigenvalue weighted by atomic mass is 9.89. The lowest BCUT2D eigenvalue weighted by Crippen LogP contribution is -2.68. The molecule has 5 heteroatoms. The monoisotopic (exact) mass is 391 g/mol. The lowest BCUT2D eigenvalue weighted by molar-refractivity contribution is -0.144. The van der Waals surface area contributed by atoms with E-state index in [1.165, 1.54) is 11.8 Å². The van der Waals surface area contributed by atoms with Crippen LogP contribution in [-0.2, 0) is 9.53 Å². The molecule has 1 fully saturated rings. The van der Waals surface area contributed by atoms with Gasteiger partial charge in [-0.05, 0) is 42.0 Å². The van der Waals surface area contributed by atoms with Crippen LogP contribution < -0.4 is 9.64 Å². The molecule has 0 unspecified atom stereocenters. The summed E-state index contributed by atoms with van der Waals surface area (Å²) in [7, 11) is 3.23. The van der Waals surface area contributed by atoms with Gasteiger partial charge >= 0.3 is 0 Å². The molecule has 0 aromatic heterocycles. The van der Waals surface area contributed by atoms with E-state index in [4.69, 9.17) is 9.47 Å². The van der Waals surface area contributed by atoms with Crippen molar-refractivity contribution >= 4 is 23.4 Å². The third-order valence-corrected chi connectivity index (χ3v) is 6.29. The number of methoxy groups -OCH3 is 2. The molecule has 2 atom stereocenters. The highest BCUT2D eigenvalue weighted by Gasteiger charge is 2.63. The summed E-state index contributed by atoms with van der Waals surface area (Å²) in [5.74, 6) is 0.688. The summed E-state index contributed by atoms with van der Waals surface area (Å²) in [6.45, 7) is 0. The van der Waals surface area contributed by atoms with E-state index >= 15 is 0 Å². The predicted molar refractivity (Wildman–Crippen MR) is 112 cm³/mol. The molecule has 3 aromatic carbocycles. The van der Waals surface area contributed by atoms with Gasteiger partial charge in [0, 0.05) is 17.7 Å². The molecule has 0 spiro atoms. The van der Waals surface area contributed by atoms with Gasteiger partial charge in [-0.25, -0.2) is 0 Å². The number of carbonyl (C=O) groups is 1. The Morgan fingerprint density at radius 3 is 2.04 bits per heavy atom. The van der Waals surface area contributed by atoms with Gasteiger partial charge in [0.05, 0.1) is 7.11 Å². The zero-order valence-electron chi connectivity index (χ0n) is 15.7. The van der Waals surface area contributed by atoms with Crippen molar-refractivity contribution in [1.82, 2.24) is 0 Å². The molecule has 1 amide bonds.